The molecule has 1 unspecified atom stereocenters. The van der Waals surface area contributed by atoms with Crippen LogP contribution in [-0.2, 0) is 25.0 Å². The first-order valence-corrected chi connectivity index (χ1v) is 9.02. The molecule has 21 heavy (non-hydrogen) atoms. The van der Waals surface area contributed by atoms with Gasteiger partial charge >= 0.3 is 10.2 Å². The van der Waals surface area contributed by atoms with E-state index in [1.165, 1.54) is 23.5 Å². The van der Waals surface area contributed by atoms with Crippen LogP contribution in [0.1, 0.15) is 13.8 Å². The van der Waals surface area contributed by atoms with Crippen LogP contribution < -0.4 is 0 Å². The molecular weight excluding hydrogens is 321 g/mol. The normalized spacial score (nSPS) is 14.3. The molecule has 0 bridgehead atoms. The van der Waals surface area contributed by atoms with Crippen LogP contribution >= 0.6 is 0 Å². The van der Waals surface area contributed by atoms with E-state index in [0.717, 1.165) is 12.1 Å². The Kier molecular flexibility index (Phi) is 5.85. The first kappa shape index (κ1) is 18.0. The van der Waals surface area contributed by atoms with Gasteiger partial charge in [0.2, 0.25) is 10.0 Å². The van der Waals surface area contributed by atoms with E-state index in [1.54, 1.807) is 13.8 Å². The Balaban J connectivity index is 3.30. The topological polar surface area (TPSA) is 80.8 Å². The quantitative estimate of drug-likeness (QED) is 0.701. The maximum Gasteiger partial charge on any atom is 0.332 e. The molecule has 1 atom stereocenters. The molecule has 0 spiro atoms. The zero-order chi connectivity index (χ0) is 16.3. The van der Waals surface area contributed by atoms with Crippen molar-refractivity contribution in [1.82, 2.24) is 4.31 Å². The number of methoxy groups -OCH3 is 1. The van der Waals surface area contributed by atoms with Crippen LogP contribution in [0.2, 0.25) is 0 Å². The van der Waals surface area contributed by atoms with Gasteiger partial charge in [0.1, 0.15) is 0 Å². The molecule has 0 saturated carbocycles. The number of nitrogens with zero attached hydrogens (tertiary/aromatic N) is 1. The molecule has 0 aromatic heterocycles. The van der Waals surface area contributed by atoms with Gasteiger partial charge in [-0.15, -0.1) is 3.89 Å². The third-order valence-electron chi connectivity index (χ3n) is 2.90. The first-order chi connectivity index (χ1) is 9.64. The standard InChI is InChI=1S/C12H18FNO5S2/c1-4-14(10(2)9-19-3)21(17,18)12-7-5-6-11(8-12)20(13,15)16/h5-8,10H,4,9H2,1-3H3. The summed E-state index contributed by atoms with van der Waals surface area (Å²) >= 11 is 0. The average Bonchev–Trinajstić information content (AvgIpc) is 2.38. The minimum absolute atomic E-state index is 0.180. The highest BCUT2D eigenvalue weighted by molar-refractivity contribution is 7.89. The fraction of sp³-hybridized carbons (Fsp3) is 0.500. The van der Waals surface area contributed by atoms with Gasteiger partial charge < -0.3 is 4.74 Å². The van der Waals surface area contributed by atoms with Gasteiger partial charge in [-0.1, -0.05) is 13.0 Å². The lowest BCUT2D eigenvalue weighted by Crippen LogP contribution is -2.40. The highest BCUT2D eigenvalue weighted by Crippen LogP contribution is 2.22. The molecule has 120 valence electrons. The van der Waals surface area contributed by atoms with E-state index in [9.17, 15) is 20.7 Å². The van der Waals surface area contributed by atoms with Crippen LogP contribution in [0.3, 0.4) is 0 Å². The molecule has 0 saturated heterocycles. The Bertz CT molecular complexity index is 687. The average molecular weight is 339 g/mol. The van der Waals surface area contributed by atoms with Crippen LogP contribution in [-0.4, -0.2) is 47.4 Å². The number of sulfonamides is 1. The van der Waals surface area contributed by atoms with E-state index in [4.69, 9.17) is 4.74 Å². The zero-order valence-electron chi connectivity index (χ0n) is 12.0. The van der Waals surface area contributed by atoms with E-state index < -0.39 is 31.2 Å². The monoisotopic (exact) mass is 339 g/mol. The summed E-state index contributed by atoms with van der Waals surface area (Å²) in [5.74, 6) is 0. The van der Waals surface area contributed by atoms with Gasteiger partial charge in [-0.2, -0.15) is 12.7 Å². The molecule has 0 amide bonds. The number of halogens is 1. The van der Waals surface area contributed by atoms with E-state index >= 15 is 0 Å². The van der Waals surface area contributed by atoms with Crippen molar-refractivity contribution in [2.45, 2.75) is 29.7 Å². The Hall–Kier alpha value is -1.03. The number of rotatable bonds is 7. The maximum absolute atomic E-state index is 13.0. The van der Waals surface area contributed by atoms with E-state index in [2.05, 4.69) is 0 Å². The molecule has 9 heteroatoms. The van der Waals surface area contributed by atoms with Crippen molar-refractivity contribution in [3.05, 3.63) is 24.3 Å². The van der Waals surface area contributed by atoms with Crippen molar-refractivity contribution < 1.29 is 25.5 Å². The second-order valence-electron chi connectivity index (χ2n) is 4.43. The molecular formula is C12H18FNO5S2. The molecule has 1 rings (SSSR count). The van der Waals surface area contributed by atoms with Gasteiger partial charge in [-0.05, 0) is 25.1 Å². The van der Waals surface area contributed by atoms with Gasteiger partial charge in [0.05, 0.1) is 16.4 Å². The second kappa shape index (κ2) is 6.82. The van der Waals surface area contributed by atoms with Crippen LogP contribution in [0.25, 0.3) is 0 Å². The van der Waals surface area contributed by atoms with Gasteiger partial charge in [-0.25, -0.2) is 8.42 Å². The molecule has 6 nitrogen and oxygen atoms in total. The van der Waals surface area contributed by atoms with Crippen LogP contribution in [0, 0.1) is 0 Å². The lowest BCUT2D eigenvalue weighted by molar-refractivity contribution is 0.142. The fourth-order valence-corrected chi connectivity index (χ4v) is 4.22. The fourth-order valence-electron chi connectivity index (χ4n) is 1.96. The van der Waals surface area contributed by atoms with Gasteiger partial charge in [0, 0.05) is 19.7 Å². The molecule has 0 N–H and O–H groups in total. The third kappa shape index (κ3) is 4.22. The maximum atomic E-state index is 13.0. The minimum Gasteiger partial charge on any atom is -0.383 e. The predicted octanol–water partition coefficient (Wildman–Crippen LogP) is 1.39. The molecule has 0 fully saturated rings. The van der Waals surface area contributed by atoms with E-state index in [-0.39, 0.29) is 18.0 Å². The number of hydrogen-bond donors (Lipinski definition) is 0. The summed E-state index contributed by atoms with van der Waals surface area (Å²) in [7, 11) is -7.44. The van der Waals surface area contributed by atoms with Crippen LogP contribution in [0.15, 0.2) is 34.1 Å². The minimum atomic E-state index is -4.96. The van der Waals surface area contributed by atoms with Crippen molar-refractivity contribution in [2.75, 3.05) is 20.3 Å². The Morgan fingerprint density at radius 1 is 1.24 bits per heavy atom. The molecule has 0 radical (unpaired) electrons. The summed E-state index contributed by atoms with van der Waals surface area (Å²) in [4.78, 5) is -0.954. The molecule has 1 aromatic carbocycles. The summed E-state index contributed by atoms with van der Waals surface area (Å²) < 4.78 is 65.9. The van der Waals surface area contributed by atoms with Crippen molar-refractivity contribution in [3.8, 4) is 0 Å². The van der Waals surface area contributed by atoms with Crippen molar-refractivity contribution in [3.63, 3.8) is 0 Å². The number of likely N-dealkylation sites (N-methyl/N-ethyl adjacent to an activating group) is 1. The molecule has 0 aliphatic carbocycles. The lowest BCUT2D eigenvalue weighted by Gasteiger charge is -2.26. The number of benzene rings is 1. The molecule has 0 aliphatic rings. The number of hydrogen-bond acceptors (Lipinski definition) is 5. The van der Waals surface area contributed by atoms with E-state index in [1.807, 2.05) is 0 Å². The van der Waals surface area contributed by atoms with Crippen molar-refractivity contribution in [1.29, 1.82) is 0 Å². The summed E-state index contributed by atoms with van der Waals surface area (Å²) in [5.41, 5.74) is 0. The number of ether oxygens (including phenoxy) is 1. The summed E-state index contributed by atoms with van der Waals surface area (Å²) in [6.07, 6.45) is 0. The van der Waals surface area contributed by atoms with Gasteiger partial charge in [0.15, 0.2) is 0 Å². The first-order valence-electron chi connectivity index (χ1n) is 6.20. The summed E-state index contributed by atoms with van der Waals surface area (Å²) in [6.45, 7) is 3.69. The predicted molar refractivity (Wildman–Crippen MR) is 75.6 cm³/mol. The van der Waals surface area contributed by atoms with Crippen LogP contribution in [0.4, 0.5) is 3.89 Å². The van der Waals surface area contributed by atoms with Crippen molar-refractivity contribution in [2.24, 2.45) is 0 Å². The van der Waals surface area contributed by atoms with Gasteiger partial charge in [-0.3, -0.25) is 0 Å². The van der Waals surface area contributed by atoms with Gasteiger partial charge in [0.25, 0.3) is 0 Å². The highest BCUT2D eigenvalue weighted by Gasteiger charge is 2.28. The lowest BCUT2D eigenvalue weighted by atomic mass is 10.3. The Morgan fingerprint density at radius 2 is 1.81 bits per heavy atom. The van der Waals surface area contributed by atoms with E-state index in [0.29, 0.717) is 0 Å². The summed E-state index contributed by atoms with van der Waals surface area (Å²) in [6, 6.07) is 3.80. The molecule has 0 heterocycles. The highest BCUT2D eigenvalue weighted by atomic mass is 32.3. The SMILES string of the molecule is CCN(C(C)COC)S(=O)(=O)c1cccc(S(=O)(=O)F)c1. The second-order valence-corrected chi connectivity index (χ2v) is 7.66. The zero-order valence-corrected chi connectivity index (χ0v) is 13.6. The third-order valence-corrected chi connectivity index (χ3v) is 5.81. The largest absolute Gasteiger partial charge is 0.383 e. The Morgan fingerprint density at radius 3 is 2.29 bits per heavy atom. The molecule has 0 aliphatic heterocycles. The Labute approximate surface area is 124 Å². The summed E-state index contributed by atoms with van der Waals surface area (Å²) in [5, 5.41) is 0. The van der Waals surface area contributed by atoms with Crippen molar-refractivity contribution >= 4 is 20.2 Å². The smallest absolute Gasteiger partial charge is 0.332 e. The van der Waals surface area contributed by atoms with Crippen LogP contribution in [0.5, 0.6) is 0 Å². The molecule has 1 aromatic rings.